The lowest BCUT2D eigenvalue weighted by molar-refractivity contribution is 0.425. The number of hydrogen-bond donors (Lipinski definition) is 2. The summed E-state index contributed by atoms with van der Waals surface area (Å²) in [6, 6.07) is 6.60. The number of aromatic nitrogens is 4. The van der Waals surface area contributed by atoms with Gasteiger partial charge < -0.3 is 11.1 Å². The summed E-state index contributed by atoms with van der Waals surface area (Å²) in [6.07, 6.45) is 11.1. The number of piperidine rings is 1. The zero-order valence-electron chi connectivity index (χ0n) is 13.3. The van der Waals surface area contributed by atoms with E-state index in [4.69, 9.17) is 5.73 Å². The molecule has 0 aromatic carbocycles. The monoisotopic (exact) mass is 310 g/mol. The first-order valence-electron chi connectivity index (χ1n) is 7.97. The molecule has 1 unspecified atom stereocenters. The number of nitrogens with one attached hydrogen (secondary N) is 1. The van der Waals surface area contributed by atoms with Gasteiger partial charge in [0, 0.05) is 12.2 Å². The number of pyridine rings is 1. The van der Waals surface area contributed by atoms with E-state index in [1.807, 2.05) is 28.8 Å². The lowest BCUT2D eigenvalue weighted by atomic mass is 10.1. The first kappa shape index (κ1) is 15.4. The summed E-state index contributed by atoms with van der Waals surface area (Å²) in [5.41, 5.74) is 8.09. The minimum Gasteiger partial charge on any atom is -0.382 e. The molecule has 3 aromatic heterocycles. The highest BCUT2D eigenvalue weighted by Gasteiger charge is 2.06. The number of nitrogens with zero attached hydrogens (tertiary/aromatic N) is 4. The van der Waals surface area contributed by atoms with Crippen molar-refractivity contribution < 1.29 is 0 Å². The van der Waals surface area contributed by atoms with Crippen molar-refractivity contribution in [2.75, 3.05) is 12.3 Å². The molecule has 0 saturated carbocycles. The molecule has 1 fully saturated rings. The Kier molecular flexibility index (Phi) is 4.83. The van der Waals surface area contributed by atoms with Gasteiger partial charge in [-0.15, -0.1) is 0 Å². The third-order valence-electron chi connectivity index (χ3n) is 3.89. The van der Waals surface area contributed by atoms with Gasteiger partial charge in [-0.2, -0.15) is 0 Å². The van der Waals surface area contributed by atoms with E-state index in [2.05, 4.69) is 27.2 Å². The van der Waals surface area contributed by atoms with Crippen molar-refractivity contribution >= 4 is 11.5 Å². The van der Waals surface area contributed by atoms with E-state index in [9.17, 15) is 0 Å². The average molecular weight is 310 g/mol. The van der Waals surface area contributed by atoms with E-state index < -0.39 is 0 Å². The molecule has 1 aliphatic heterocycles. The highest BCUT2D eigenvalue weighted by atomic mass is 15.0. The lowest BCUT2D eigenvalue weighted by Crippen LogP contribution is -2.30. The van der Waals surface area contributed by atoms with Gasteiger partial charge in [-0.05, 0) is 38.4 Å². The standard InChI is InChI=1S/C11H9N5.C6H13N/c12-10-7-13-5-8(15-10)9-6-14-11-3-1-2-4-16(9)11;1-6-4-2-3-5-7-6/h1-7H,(H2,12,15);6-7H,2-5H2,1H3. The first-order valence-corrected chi connectivity index (χ1v) is 7.97. The number of nitrogen functional groups attached to an aromatic ring is 1. The predicted octanol–water partition coefficient (Wildman–Crippen LogP) is 2.52. The van der Waals surface area contributed by atoms with Crippen molar-refractivity contribution in [3.8, 4) is 11.4 Å². The molecule has 0 spiro atoms. The summed E-state index contributed by atoms with van der Waals surface area (Å²) >= 11 is 0. The Morgan fingerprint density at radius 3 is 2.83 bits per heavy atom. The summed E-state index contributed by atoms with van der Waals surface area (Å²) in [7, 11) is 0. The average Bonchev–Trinajstić information content (AvgIpc) is 3.00. The smallest absolute Gasteiger partial charge is 0.142 e. The zero-order valence-corrected chi connectivity index (χ0v) is 13.3. The summed E-state index contributed by atoms with van der Waals surface area (Å²) in [5, 5.41) is 3.38. The van der Waals surface area contributed by atoms with Gasteiger partial charge in [0.05, 0.1) is 24.3 Å². The molecular weight excluding hydrogens is 288 g/mol. The number of fused-ring (bicyclic) bond motifs is 1. The van der Waals surface area contributed by atoms with Gasteiger partial charge in [0.25, 0.3) is 0 Å². The molecule has 0 aliphatic carbocycles. The van der Waals surface area contributed by atoms with Crippen molar-refractivity contribution in [2.45, 2.75) is 32.2 Å². The van der Waals surface area contributed by atoms with E-state index in [0.29, 0.717) is 5.82 Å². The van der Waals surface area contributed by atoms with Crippen LogP contribution in [0.5, 0.6) is 0 Å². The number of anilines is 1. The molecular formula is C17H22N6. The minimum atomic E-state index is 0.406. The molecule has 3 aromatic rings. The van der Waals surface area contributed by atoms with Gasteiger partial charge in [0.2, 0.25) is 0 Å². The topological polar surface area (TPSA) is 81.1 Å². The Bertz CT molecular complexity index is 760. The second-order valence-electron chi connectivity index (χ2n) is 5.75. The number of imidazole rings is 1. The van der Waals surface area contributed by atoms with Crippen LogP contribution in [0.2, 0.25) is 0 Å². The van der Waals surface area contributed by atoms with E-state index in [1.54, 1.807) is 12.4 Å². The van der Waals surface area contributed by atoms with Crippen molar-refractivity contribution in [2.24, 2.45) is 0 Å². The molecule has 6 nitrogen and oxygen atoms in total. The molecule has 6 heteroatoms. The Morgan fingerprint density at radius 2 is 2.13 bits per heavy atom. The number of hydrogen-bond acceptors (Lipinski definition) is 5. The normalized spacial score (nSPS) is 17.5. The molecule has 4 heterocycles. The third kappa shape index (κ3) is 3.84. The fourth-order valence-corrected chi connectivity index (χ4v) is 2.65. The van der Waals surface area contributed by atoms with E-state index in [-0.39, 0.29) is 0 Å². The molecule has 1 atom stereocenters. The Morgan fingerprint density at radius 1 is 1.22 bits per heavy atom. The fraction of sp³-hybridized carbons (Fsp3) is 0.353. The molecule has 1 aliphatic rings. The maximum absolute atomic E-state index is 5.61. The molecule has 4 rings (SSSR count). The van der Waals surface area contributed by atoms with Gasteiger partial charge in [-0.25, -0.2) is 9.97 Å². The number of nitrogens with two attached hydrogens (primary N) is 1. The Balaban J connectivity index is 0.000000188. The maximum atomic E-state index is 5.61. The summed E-state index contributed by atoms with van der Waals surface area (Å²) < 4.78 is 1.95. The van der Waals surface area contributed by atoms with Crippen LogP contribution in [0.3, 0.4) is 0 Å². The molecule has 0 bridgehead atoms. The van der Waals surface area contributed by atoms with Gasteiger partial charge in [-0.1, -0.05) is 12.5 Å². The third-order valence-corrected chi connectivity index (χ3v) is 3.89. The van der Waals surface area contributed by atoms with Crippen LogP contribution in [0.15, 0.2) is 43.0 Å². The van der Waals surface area contributed by atoms with Crippen LogP contribution >= 0.6 is 0 Å². The molecule has 120 valence electrons. The van der Waals surface area contributed by atoms with Crippen LogP contribution in [0.4, 0.5) is 5.82 Å². The lowest BCUT2D eigenvalue weighted by Gasteiger charge is -2.18. The molecule has 1 saturated heterocycles. The zero-order chi connectivity index (χ0) is 16.1. The molecule has 3 N–H and O–H groups in total. The van der Waals surface area contributed by atoms with Crippen molar-refractivity contribution in [1.29, 1.82) is 0 Å². The Labute approximate surface area is 135 Å². The molecule has 23 heavy (non-hydrogen) atoms. The van der Waals surface area contributed by atoms with Crippen LogP contribution in [0.25, 0.3) is 17.0 Å². The second-order valence-corrected chi connectivity index (χ2v) is 5.75. The summed E-state index contributed by atoms with van der Waals surface area (Å²) in [5.74, 6) is 0.406. The summed E-state index contributed by atoms with van der Waals surface area (Å²) in [6.45, 7) is 3.49. The van der Waals surface area contributed by atoms with Crippen LogP contribution < -0.4 is 11.1 Å². The van der Waals surface area contributed by atoms with Crippen molar-refractivity contribution in [1.82, 2.24) is 24.7 Å². The summed E-state index contributed by atoms with van der Waals surface area (Å²) in [4.78, 5) is 12.5. The van der Waals surface area contributed by atoms with Crippen LogP contribution in [-0.4, -0.2) is 31.9 Å². The van der Waals surface area contributed by atoms with Crippen molar-refractivity contribution in [3.63, 3.8) is 0 Å². The maximum Gasteiger partial charge on any atom is 0.142 e. The van der Waals surface area contributed by atoms with Crippen LogP contribution in [0, 0.1) is 0 Å². The van der Waals surface area contributed by atoms with Crippen molar-refractivity contribution in [3.05, 3.63) is 43.0 Å². The predicted molar refractivity (Wildman–Crippen MR) is 91.9 cm³/mol. The number of rotatable bonds is 1. The SMILES string of the molecule is CC1CCCCN1.Nc1cncc(-c2cnc3ccccn23)n1. The van der Waals surface area contributed by atoms with Gasteiger partial charge in [0.1, 0.15) is 17.2 Å². The van der Waals surface area contributed by atoms with E-state index >= 15 is 0 Å². The van der Waals surface area contributed by atoms with E-state index in [1.165, 1.54) is 32.0 Å². The van der Waals surface area contributed by atoms with Crippen LogP contribution in [0.1, 0.15) is 26.2 Å². The quantitative estimate of drug-likeness (QED) is 0.722. The van der Waals surface area contributed by atoms with Gasteiger partial charge in [-0.3, -0.25) is 9.38 Å². The Hall–Kier alpha value is -2.47. The molecule has 0 radical (unpaired) electrons. The highest BCUT2D eigenvalue weighted by Crippen LogP contribution is 2.18. The second kappa shape index (κ2) is 7.19. The largest absolute Gasteiger partial charge is 0.382 e. The highest BCUT2D eigenvalue weighted by molar-refractivity contribution is 5.60. The fourth-order valence-electron chi connectivity index (χ4n) is 2.65. The van der Waals surface area contributed by atoms with Crippen LogP contribution in [-0.2, 0) is 0 Å². The van der Waals surface area contributed by atoms with Gasteiger partial charge in [0.15, 0.2) is 0 Å². The molecule has 0 amide bonds. The van der Waals surface area contributed by atoms with E-state index in [0.717, 1.165) is 23.1 Å². The van der Waals surface area contributed by atoms with Gasteiger partial charge >= 0.3 is 0 Å². The first-order chi connectivity index (χ1) is 11.2. The minimum absolute atomic E-state index is 0.406.